The molecule has 1 spiro atoms. The summed E-state index contributed by atoms with van der Waals surface area (Å²) in [5.74, 6) is 2.20. The summed E-state index contributed by atoms with van der Waals surface area (Å²) in [6.45, 7) is 1.91. The average Bonchev–Trinajstić information content (AvgIpc) is 3.21. The molecule has 3 amide bonds. The van der Waals surface area contributed by atoms with Gasteiger partial charge in [-0.2, -0.15) is 0 Å². The summed E-state index contributed by atoms with van der Waals surface area (Å²) < 4.78 is 11.5. The molecule has 0 saturated carbocycles. The Hall–Kier alpha value is -2.39. The van der Waals surface area contributed by atoms with Crippen LogP contribution < -0.4 is 14.8 Å². The minimum atomic E-state index is -0.250. The molecule has 2 aliphatic rings. The maximum Gasteiger partial charge on any atom is 0.321 e. The van der Waals surface area contributed by atoms with Crippen molar-refractivity contribution < 1.29 is 19.1 Å². The first-order chi connectivity index (χ1) is 15.4. The molecule has 0 radical (unpaired) electrons. The summed E-state index contributed by atoms with van der Waals surface area (Å²) in [7, 11) is 3.15. The van der Waals surface area contributed by atoms with Gasteiger partial charge in [-0.15, -0.1) is 11.8 Å². The smallest absolute Gasteiger partial charge is 0.321 e. The van der Waals surface area contributed by atoms with Crippen molar-refractivity contribution in [3.05, 3.63) is 52.5 Å². The van der Waals surface area contributed by atoms with Crippen LogP contribution in [0.15, 0.2) is 46.9 Å². The lowest BCUT2D eigenvalue weighted by atomic mass is 10.0. The zero-order valence-electron chi connectivity index (χ0n) is 18.1. The molecule has 2 fully saturated rings. The molecular formula is C23H26BrN3O4S. The number of nitrogens with zero attached hydrogens (tertiary/aromatic N) is 2. The molecule has 0 aliphatic carbocycles. The van der Waals surface area contributed by atoms with Gasteiger partial charge in [0, 0.05) is 59.3 Å². The molecule has 7 nitrogen and oxygen atoms in total. The van der Waals surface area contributed by atoms with Gasteiger partial charge in [0.1, 0.15) is 11.5 Å². The molecule has 0 aromatic heterocycles. The number of halogens is 1. The lowest BCUT2D eigenvalue weighted by Crippen LogP contribution is -2.54. The Morgan fingerprint density at radius 1 is 1.00 bits per heavy atom. The van der Waals surface area contributed by atoms with Crippen LogP contribution in [0.4, 0.5) is 10.5 Å². The number of benzene rings is 2. The van der Waals surface area contributed by atoms with Crippen LogP contribution >= 0.6 is 27.7 Å². The van der Waals surface area contributed by atoms with E-state index in [0.29, 0.717) is 35.8 Å². The first-order valence-corrected chi connectivity index (χ1v) is 12.2. The van der Waals surface area contributed by atoms with Gasteiger partial charge in [-0.05, 0) is 37.1 Å². The number of thioether (sulfide) groups is 1. The van der Waals surface area contributed by atoms with Crippen molar-refractivity contribution in [3.8, 4) is 11.5 Å². The quantitative estimate of drug-likeness (QED) is 0.634. The van der Waals surface area contributed by atoms with Crippen LogP contribution in [0.25, 0.3) is 0 Å². The number of urea groups is 1. The van der Waals surface area contributed by atoms with E-state index in [-0.39, 0.29) is 16.8 Å². The van der Waals surface area contributed by atoms with Crippen molar-refractivity contribution in [2.24, 2.45) is 0 Å². The van der Waals surface area contributed by atoms with Crippen LogP contribution in [0.3, 0.4) is 0 Å². The number of anilines is 1. The van der Waals surface area contributed by atoms with E-state index in [1.165, 1.54) is 0 Å². The third-order valence-electron chi connectivity index (χ3n) is 5.95. The Balaban J connectivity index is 1.41. The van der Waals surface area contributed by atoms with Crippen LogP contribution in [-0.2, 0) is 0 Å². The van der Waals surface area contributed by atoms with Gasteiger partial charge in [0.25, 0.3) is 5.91 Å². The second-order valence-electron chi connectivity index (χ2n) is 7.78. The Bertz CT molecular complexity index is 971. The Kier molecular flexibility index (Phi) is 6.85. The molecule has 32 heavy (non-hydrogen) atoms. The van der Waals surface area contributed by atoms with Crippen LogP contribution in [-0.4, -0.2) is 66.2 Å². The molecule has 1 N–H and O–H groups in total. The number of rotatable bonds is 4. The number of piperidine rings is 1. The number of likely N-dealkylation sites (tertiary alicyclic amines) is 1. The highest BCUT2D eigenvalue weighted by molar-refractivity contribution is 9.10. The normalized spacial score (nSPS) is 17.3. The zero-order valence-corrected chi connectivity index (χ0v) is 20.5. The van der Waals surface area contributed by atoms with Gasteiger partial charge in [-0.25, -0.2) is 4.79 Å². The van der Waals surface area contributed by atoms with Crippen LogP contribution in [0, 0.1) is 0 Å². The van der Waals surface area contributed by atoms with Gasteiger partial charge in [-0.1, -0.05) is 15.9 Å². The van der Waals surface area contributed by atoms with Crippen molar-refractivity contribution in [1.29, 1.82) is 0 Å². The molecule has 0 atom stereocenters. The molecule has 0 unspecified atom stereocenters. The maximum atomic E-state index is 13.2. The average molecular weight is 520 g/mol. The summed E-state index contributed by atoms with van der Waals surface area (Å²) >= 11 is 5.25. The van der Waals surface area contributed by atoms with E-state index < -0.39 is 0 Å². The van der Waals surface area contributed by atoms with Crippen LogP contribution in [0.5, 0.6) is 11.5 Å². The molecule has 170 valence electrons. The monoisotopic (exact) mass is 519 g/mol. The van der Waals surface area contributed by atoms with Gasteiger partial charge >= 0.3 is 6.03 Å². The SMILES string of the molecule is COc1cc(NC(=O)N2CCC3(CC2)SCCN3C(=O)c2ccc(Br)cc2)cc(OC)c1. The van der Waals surface area contributed by atoms with Crippen LogP contribution in [0.1, 0.15) is 23.2 Å². The minimum Gasteiger partial charge on any atom is -0.497 e. The summed E-state index contributed by atoms with van der Waals surface area (Å²) in [6, 6.07) is 12.6. The van der Waals surface area contributed by atoms with Gasteiger partial charge in [0.15, 0.2) is 0 Å². The summed E-state index contributed by atoms with van der Waals surface area (Å²) in [5.41, 5.74) is 1.32. The van der Waals surface area contributed by atoms with Crippen molar-refractivity contribution in [1.82, 2.24) is 9.80 Å². The molecule has 4 rings (SSSR count). The summed E-state index contributed by atoms with van der Waals surface area (Å²) in [5, 5.41) is 2.94. The fourth-order valence-corrected chi connectivity index (χ4v) is 5.92. The van der Waals surface area contributed by atoms with E-state index in [0.717, 1.165) is 29.6 Å². The number of hydrogen-bond donors (Lipinski definition) is 1. The Morgan fingerprint density at radius 3 is 2.22 bits per heavy atom. The minimum absolute atomic E-state index is 0.0591. The summed E-state index contributed by atoms with van der Waals surface area (Å²) in [4.78, 5) is 29.6. The zero-order chi connectivity index (χ0) is 22.7. The predicted molar refractivity (Wildman–Crippen MR) is 130 cm³/mol. The topological polar surface area (TPSA) is 71.1 Å². The first-order valence-electron chi connectivity index (χ1n) is 10.4. The molecule has 2 heterocycles. The fourth-order valence-electron chi connectivity index (χ4n) is 4.20. The third kappa shape index (κ3) is 4.68. The number of hydrogen-bond acceptors (Lipinski definition) is 5. The highest BCUT2D eigenvalue weighted by Gasteiger charge is 2.47. The number of amides is 3. The molecule has 9 heteroatoms. The third-order valence-corrected chi connectivity index (χ3v) is 8.03. The van der Waals surface area contributed by atoms with E-state index in [2.05, 4.69) is 21.2 Å². The number of carbonyl (C=O) groups is 2. The van der Waals surface area contributed by atoms with Gasteiger partial charge in [0.05, 0.1) is 19.1 Å². The largest absolute Gasteiger partial charge is 0.497 e. The van der Waals surface area contributed by atoms with E-state index in [4.69, 9.17) is 9.47 Å². The van der Waals surface area contributed by atoms with E-state index in [9.17, 15) is 9.59 Å². The highest BCUT2D eigenvalue weighted by atomic mass is 79.9. The second-order valence-corrected chi connectivity index (χ2v) is 10.1. The van der Waals surface area contributed by atoms with Crippen molar-refractivity contribution in [2.75, 3.05) is 44.9 Å². The molecule has 2 aromatic rings. The van der Waals surface area contributed by atoms with Crippen molar-refractivity contribution in [3.63, 3.8) is 0 Å². The fraction of sp³-hybridized carbons (Fsp3) is 0.391. The van der Waals surface area contributed by atoms with Gasteiger partial charge < -0.3 is 24.6 Å². The van der Waals surface area contributed by atoms with E-state index in [1.807, 2.05) is 40.9 Å². The Morgan fingerprint density at radius 2 is 1.62 bits per heavy atom. The number of nitrogens with one attached hydrogen (secondary N) is 1. The van der Waals surface area contributed by atoms with Gasteiger partial charge in [-0.3, -0.25) is 4.79 Å². The lowest BCUT2D eigenvalue weighted by molar-refractivity contribution is 0.0585. The maximum absolute atomic E-state index is 13.2. The first kappa shape index (κ1) is 22.8. The van der Waals surface area contributed by atoms with Crippen molar-refractivity contribution >= 4 is 45.3 Å². The predicted octanol–water partition coefficient (Wildman–Crippen LogP) is 4.68. The molecule has 2 aromatic carbocycles. The number of methoxy groups -OCH3 is 2. The molecule has 0 bridgehead atoms. The van der Waals surface area contributed by atoms with Crippen LogP contribution in [0.2, 0.25) is 0 Å². The Labute approximate surface area is 200 Å². The molecule has 2 saturated heterocycles. The van der Waals surface area contributed by atoms with Crippen molar-refractivity contribution in [2.45, 2.75) is 17.7 Å². The standard InChI is InChI=1S/C23H26BrN3O4S/c1-30-19-13-18(14-20(15-19)31-2)25-22(29)26-9-7-23(8-10-26)27(11-12-32-23)21(28)16-3-5-17(24)6-4-16/h3-6,13-15H,7-12H2,1-2H3,(H,25,29). The number of ether oxygens (including phenoxy) is 2. The lowest BCUT2D eigenvalue weighted by Gasteiger charge is -2.44. The molecular weight excluding hydrogens is 494 g/mol. The van der Waals surface area contributed by atoms with E-state index in [1.54, 1.807) is 37.3 Å². The summed E-state index contributed by atoms with van der Waals surface area (Å²) in [6.07, 6.45) is 1.49. The second kappa shape index (κ2) is 9.62. The molecule has 2 aliphatic heterocycles. The van der Waals surface area contributed by atoms with E-state index >= 15 is 0 Å². The number of carbonyl (C=O) groups excluding carboxylic acids is 2. The van der Waals surface area contributed by atoms with Gasteiger partial charge in [0.2, 0.25) is 0 Å². The highest BCUT2D eigenvalue weighted by Crippen LogP contribution is 2.44.